The maximum atomic E-state index is 3.46. The van der Waals surface area contributed by atoms with Crippen molar-refractivity contribution in [3.05, 3.63) is 52.6 Å². The minimum atomic E-state index is 0.927. The normalized spacial score (nSPS) is 11.4. The van der Waals surface area contributed by atoms with Gasteiger partial charge in [-0.15, -0.1) is 0 Å². The molecule has 0 bridgehead atoms. The Morgan fingerprint density at radius 3 is 2.29 bits per heavy atom. The minimum Gasteiger partial charge on any atom is -0.0876 e. The molecule has 0 unspecified atom stereocenters. The molecule has 0 saturated heterocycles. The molecule has 1 rings (SSSR count). The van der Waals surface area contributed by atoms with E-state index >= 15 is 0 Å². The Balaban J connectivity index is 2.57. The van der Waals surface area contributed by atoms with Crippen molar-refractivity contribution in [2.24, 2.45) is 0 Å². The average Bonchev–Trinajstić information content (AvgIpc) is 2.29. The van der Waals surface area contributed by atoms with Crippen LogP contribution in [0.3, 0.4) is 0 Å². The molecule has 92 valence electrons. The summed E-state index contributed by atoms with van der Waals surface area (Å²) in [5.41, 5.74) is 5.46. The Kier molecular flexibility index (Phi) is 6.28. The number of alkyl halides is 1. The minimum absolute atomic E-state index is 0.927. The Morgan fingerprint density at radius 2 is 1.76 bits per heavy atom. The first kappa shape index (κ1) is 14.2. The third kappa shape index (κ3) is 5.88. The van der Waals surface area contributed by atoms with E-state index in [1.54, 1.807) is 0 Å². The number of rotatable bonds is 5. The summed E-state index contributed by atoms with van der Waals surface area (Å²) in [5, 5.41) is 0.927. The molecule has 0 amide bonds. The zero-order chi connectivity index (χ0) is 12.7. The lowest BCUT2D eigenvalue weighted by molar-refractivity contribution is 0.975. The summed E-state index contributed by atoms with van der Waals surface area (Å²) in [7, 11) is 0. The van der Waals surface area contributed by atoms with Crippen molar-refractivity contribution in [3.63, 3.8) is 0 Å². The van der Waals surface area contributed by atoms with Crippen LogP contribution in [0.15, 0.2) is 41.5 Å². The van der Waals surface area contributed by atoms with E-state index in [0.717, 1.165) is 18.2 Å². The van der Waals surface area contributed by atoms with Crippen LogP contribution in [0.4, 0.5) is 0 Å². The zero-order valence-corrected chi connectivity index (χ0v) is 12.5. The summed E-state index contributed by atoms with van der Waals surface area (Å²) in [6.07, 6.45) is 6.86. The molecule has 0 N–H and O–H groups in total. The first-order valence-electron chi connectivity index (χ1n) is 6.07. The second-order valence-electron chi connectivity index (χ2n) is 4.69. The van der Waals surface area contributed by atoms with Crippen molar-refractivity contribution < 1.29 is 0 Å². The molecular weight excluding hydrogens is 272 g/mol. The van der Waals surface area contributed by atoms with Crippen molar-refractivity contribution in [2.75, 3.05) is 0 Å². The van der Waals surface area contributed by atoms with Gasteiger partial charge in [0.05, 0.1) is 0 Å². The van der Waals surface area contributed by atoms with E-state index in [9.17, 15) is 0 Å². The van der Waals surface area contributed by atoms with Crippen LogP contribution < -0.4 is 0 Å². The predicted molar refractivity (Wildman–Crippen MR) is 81.4 cm³/mol. The molecule has 0 nitrogen and oxygen atoms in total. The molecule has 0 aliphatic carbocycles. The molecule has 0 spiro atoms. The van der Waals surface area contributed by atoms with E-state index in [1.807, 2.05) is 0 Å². The third-order valence-corrected chi connectivity index (χ3v) is 3.29. The largest absolute Gasteiger partial charge is 0.0876 e. The van der Waals surface area contributed by atoms with E-state index in [1.165, 1.54) is 22.3 Å². The molecule has 17 heavy (non-hydrogen) atoms. The number of hydrogen-bond donors (Lipinski definition) is 0. The molecule has 0 atom stereocenters. The van der Waals surface area contributed by atoms with Crippen molar-refractivity contribution >= 4 is 22.0 Å². The summed E-state index contributed by atoms with van der Waals surface area (Å²) in [6.45, 7) is 6.51. The highest BCUT2D eigenvalue weighted by Gasteiger charge is 1.93. The highest BCUT2D eigenvalue weighted by atomic mass is 79.9. The fourth-order valence-corrected chi connectivity index (χ4v) is 2.02. The predicted octanol–water partition coefficient (Wildman–Crippen LogP) is 5.73. The van der Waals surface area contributed by atoms with Crippen LogP contribution in [-0.2, 0) is 5.33 Å². The van der Waals surface area contributed by atoms with Crippen molar-refractivity contribution in [3.8, 4) is 0 Å². The van der Waals surface area contributed by atoms with Gasteiger partial charge in [0.2, 0.25) is 0 Å². The lowest BCUT2D eigenvalue weighted by Gasteiger charge is -2.01. The number of hydrogen-bond acceptors (Lipinski definition) is 0. The van der Waals surface area contributed by atoms with Gasteiger partial charge in [0.1, 0.15) is 0 Å². The number of benzene rings is 1. The summed E-state index contributed by atoms with van der Waals surface area (Å²) in [5.74, 6) is 0. The van der Waals surface area contributed by atoms with Crippen molar-refractivity contribution in [1.29, 1.82) is 0 Å². The molecular formula is C16H21Br. The van der Waals surface area contributed by atoms with Gasteiger partial charge in [0.25, 0.3) is 0 Å². The van der Waals surface area contributed by atoms with Gasteiger partial charge in [0.15, 0.2) is 0 Å². The Bertz CT molecular complexity index is 392. The molecule has 0 heterocycles. The first-order valence-corrected chi connectivity index (χ1v) is 7.19. The Labute approximate surface area is 114 Å². The lowest BCUT2D eigenvalue weighted by Crippen LogP contribution is -1.81. The Hall–Kier alpha value is -0.820. The van der Waals surface area contributed by atoms with Crippen molar-refractivity contribution in [2.45, 2.75) is 38.9 Å². The molecule has 0 aromatic heterocycles. The van der Waals surface area contributed by atoms with Gasteiger partial charge in [-0.2, -0.15) is 0 Å². The van der Waals surface area contributed by atoms with Crippen LogP contribution in [-0.4, -0.2) is 0 Å². The monoisotopic (exact) mass is 292 g/mol. The lowest BCUT2D eigenvalue weighted by atomic mass is 10.1. The van der Waals surface area contributed by atoms with E-state index < -0.39 is 0 Å². The maximum absolute atomic E-state index is 3.46. The third-order valence-electron chi connectivity index (χ3n) is 2.64. The van der Waals surface area contributed by atoms with Gasteiger partial charge < -0.3 is 0 Å². The van der Waals surface area contributed by atoms with E-state index in [4.69, 9.17) is 0 Å². The zero-order valence-electron chi connectivity index (χ0n) is 11.0. The molecule has 0 saturated carbocycles. The highest BCUT2D eigenvalue weighted by Crippen LogP contribution is 2.14. The Morgan fingerprint density at radius 1 is 1.12 bits per heavy atom. The summed E-state index contributed by atoms with van der Waals surface area (Å²) < 4.78 is 0. The highest BCUT2D eigenvalue weighted by molar-refractivity contribution is 9.08. The van der Waals surface area contributed by atoms with Gasteiger partial charge in [0, 0.05) is 5.33 Å². The fourth-order valence-electron chi connectivity index (χ4n) is 1.65. The molecule has 0 radical (unpaired) electrons. The standard InChI is InChI=1S/C16H21Br/c1-13(2)5-4-6-14(3)11-15-7-9-16(12-17)10-8-15/h5,7-11H,4,6,12H2,1-3H3/b14-11+. The molecule has 1 heteroatoms. The summed E-state index contributed by atoms with van der Waals surface area (Å²) in [6, 6.07) is 8.70. The molecule has 0 aliphatic heterocycles. The quantitative estimate of drug-likeness (QED) is 0.480. The second-order valence-corrected chi connectivity index (χ2v) is 5.25. The van der Waals surface area contributed by atoms with Gasteiger partial charge in [-0.05, 0) is 44.7 Å². The topological polar surface area (TPSA) is 0 Å². The van der Waals surface area contributed by atoms with Crippen LogP contribution >= 0.6 is 15.9 Å². The van der Waals surface area contributed by atoms with Crippen LogP contribution in [0.5, 0.6) is 0 Å². The van der Waals surface area contributed by atoms with Gasteiger partial charge >= 0.3 is 0 Å². The number of allylic oxidation sites excluding steroid dienone is 3. The molecule has 1 aromatic carbocycles. The van der Waals surface area contributed by atoms with Crippen LogP contribution in [0, 0.1) is 0 Å². The van der Waals surface area contributed by atoms with E-state index in [-0.39, 0.29) is 0 Å². The average molecular weight is 293 g/mol. The van der Waals surface area contributed by atoms with E-state index in [0.29, 0.717) is 0 Å². The second kappa shape index (κ2) is 7.50. The fraction of sp³-hybridized carbons (Fsp3) is 0.375. The van der Waals surface area contributed by atoms with E-state index in [2.05, 4.69) is 73.1 Å². The smallest absolute Gasteiger partial charge is 0.0283 e. The summed E-state index contributed by atoms with van der Waals surface area (Å²) >= 11 is 3.46. The van der Waals surface area contributed by atoms with Crippen LogP contribution in [0.2, 0.25) is 0 Å². The molecule has 1 aromatic rings. The van der Waals surface area contributed by atoms with Crippen LogP contribution in [0.1, 0.15) is 44.7 Å². The first-order chi connectivity index (χ1) is 8.11. The summed E-state index contributed by atoms with van der Waals surface area (Å²) in [4.78, 5) is 0. The van der Waals surface area contributed by atoms with Gasteiger partial charge in [-0.25, -0.2) is 0 Å². The van der Waals surface area contributed by atoms with Gasteiger partial charge in [-0.1, -0.05) is 63.5 Å². The number of halogens is 1. The maximum Gasteiger partial charge on any atom is 0.0283 e. The SMILES string of the molecule is CC(C)=CCC/C(C)=C/c1ccc(CBr)cc1. The van der Waals surface area contributed by atoms with Crippen molar-refractivity contribution in [1.82, 2.24) is 0 Å². The molecule has 0 fully saturated rings. The van der Waals surface area contributed by atoms with Crippen LogP contribution in [0.25, 0.3) is 6.08 Å². The van der Waals surface area contributed by atoms with Gasteiger partial charge in [-0.3, -0.25) is 0 Å². The molecule has 0 aliphatic rings.